The highest BCUT2D eigenvalue weighted by Crippen LogP contribution is 2.23. The van der Waals surface area contributed by atoms with E-state index in [9.17, 15) is 0 Å². The molecule has 2 rings (SSSR count). The molecular weight excluding hydrogens is 286 g/mol. The molecule has 16 heavy (non-hydrogen) atoms. The van der Waals surface area contributed by atoms with Gasteiger partial charge in [0.15, 0.2) is 0 Å². The lowest BCUT2D eigenvalue weighted by Crippen LogP contribution is -2.06. The van der Waals surface area contributed by atoms with Gasteiger partial charge in [0, 0.05) is 15.5 Å². The first-order chi connectivity index (χ1) is 7.79. The number of nitrogens with zero attached hydrogens (tertiary/aromatic N) is 2. The number of hydrogen-bond acceptors (Lipinski definition) is 4. The third kappa shape index (κ3) is 2.60. The Balaban J connectivity index is 2.17. The summed E-state index contributed by atoms with van der Waals surface area (Å²) in [6, 6.07) is 7.68. The maximum atomic E-state index is 9.09. The number of halogens is 1. The summed E-state index contributed by atoms with van der Waals surface area (Å²) in [6.07, 6.45) is 3.40. The molecule has 5 heteroatoms. The monoisotopic (exact) mass is 293 g/mol. The van der Waals surface area contributed by atoms with E-state index in [2.05, 4.69) is 32.3 Å². The molecule has 0 aromatic carbocycles. The fourth-order valence-corrected chi connectivity index (χ4v) is 2.36. The summed E-state index contributed by atoms with van der Waals surface area (Å²) >= 11 is 4.90. The highest BCUT2D eigenvalue weighted by atomic mass is 79.9. The van der Waals surface area contributed by atoms with Crippen LogP contribution in [0.4, 0.5) is 5.69 Å². The van der Waals surface area contributed by atoms with Gasteiger partial charge in [-0.15, -0.1) is 11.3 Å². The van der Waals surface area contributed by atoms with Crippen molar-refractivity contribution in [3.8, 4) is 6.07 Å². The molecule has 1 N–H and O–H groups in total. The summed E-state index contributed by atoms with van der Waals surface area (Å²) in [4.78, 5) is 5.04. The van der Waals surface area contributed by atoms with Gasteiger partial charge in [-0.2, -0.15) is 5.26 Å². The van der Waals surface area contributed by atoms with E-state index in [1.54, 1.807) is 23.7 Å². The van der Waals surface area contributed by atoms with Crippen molar-refractivity contribution < 1.29 is 0 Å². The number of rotatable bonds is 3. The van der Waals surface area contributed by atoms with Crippen molar-refractivity contribution in [1.29, 1.82) is 5.26 Å². The SMILES string of the molecule is N#C[C@@H](Nc1cncc(Br)c1)c1cccs1. The number of pyridine rings is 1. The van der Waals surface area contributed by atoms with Crippen molar-refractivity contribution in [3.63, 3.8) is 0 Å². The molecule has 0 saturated carbocycles. The van der Waals surface area contributed by atoms with E-state index >= 15 is 0 Å². The predicted molar refractivity (Wildman–Crippen MR) is 68.2 cm³/mol. The molecular formula is C11H8BrN3S. The molecule has 0 fully saturated rings. The summed E-state index contributed by atoms with van der Waals surface area (Å²) in [7, 11) is 0. The number of anilines is 1. The topological polar surface area (TPSA) is 48.7 Å². The lowest BCUT2D eigenvalue weighted by atomic mass is 10.2. The maximum Gasteiger partial charge on any atom is 0.149 e. The van der Waals surface area contributed by atoms with Crippen LogP contribution in [-0.2, 0) is 0 Å². The van der Waals surface area contributed by atoms with E-state index in [1.165, 1.54) is 0 Å². The molecule has 0 bridgehead atoms. The van der Waals surface area contributed by atoms with E-state index in [0.29, 0.717) is 0 Å². The van der Waals surface area contributed by atoms with Crippen molar-refractivity contribution in [2.75, 3.05) is 5.32 Å². The zero-order valence-electron chi connectivity index (χ0n) is 8.22. The lowest BCUT2D eigenvalue weighted by Gasteiger charge is -2.10. The Kier molecular flexibility index (Phi) is 3.54. The molecule has 0 unspecified atom stereocenters. The summed E-state index contributed by atoms with van der Waals surface area (Å²) in [5.74, 6) is 0. The number of nitrogens with one attached hydrogen (secondary N) is 1. The number of aromatic nitrogens is 1. The average Bonchev–Trinajstić information content (AvgIpc) is 2.79. The highest BCUT2D eigenvalue weighted by Gasteiger charge is 2.11. The minimum atomic E-state index is -0.323. The third-order valence-corrected chi connectivity index (χ3v) is 3.34. The van der Waals surface area contributed by atoms with Crippen molar-refractivity contribution in [1.82, 2.24) is 4.98 Å². The minimum Gasteiger partial charge on any atom is -0.364 e. The molecule has 2 heterocycles. The Morgan fingerprint density at radius 3 is 3.00 bits per heavy atom. The van der Waals surface area contributed by atoms with Crippen LogP contribution in [0.3, 0.4) is 0 Å². The quantitative estimate of drug-likeness (QED) is 0.941. The van der Waals surface area contributed by atoms with Gasteiger partial charge in [-0.3, -0.25) is 4.98 Å². The number of hydrogen-bond donors (Lipinski definition) is 1. The van der Waals surface area contributed by atoms with Crippen molar-refractivity contribution in [2.24, 2.45) is 0 Å². The van der Waals surface area contributed by atoms with E-state index in [-0.39, 0.29) is 6.04 Å². The summed E-state index contributed by atoms with van der Waals surface area (Å²) in [6.45, 7) is 0. The molecule has 0 aliphatic rings. The molecule has 0 saturated heterocycles. The van der Waals surface area contributed by atoms with Crippen LogP contribution in [0.15, 0.2) is 40.4 Å². The van der Waals surface area contributed by atoms with Gasteiger partial charge >= 0.3 is 0 Å². The largest absolute Gasteiger partial charge is 0.364 e. The van der Waals surface area contributed by atoms with Crippen LogP contribution in [0.5, 0.6) is 0 Å². The van der Waals surface area contributed by atoms with E-state index in [0.717, 1.165) is 15.0 Å². The van der Waals surface area contributed by atoms with E-state index in [1.807, 2.05) is 23.6 Å². The Hall–Kier alpha value is -1.38. The van der Waals surface area contributed by atoms with Gasteiger partial charge < -0.3 is 5.32 Å². The van der Waals surface area contributed by atoms with Crippen LogP contribution in [0, 0.1) is 11.3 Å². The molecule has 0 aliphatic carbocycles. The Labute approximate surface area is 106 Å². The van der Waals surface area contributed by atoms with Crippen LogP contribution >= 0.6 is 27.3 Å². The molecule has 3 nitrogen and oxygen atoms in total. The molecule has 0 spiro atoms. The lowest BCUT2D eigenvalue weighted by molar-refractivity contribution is 1.02. The van der Waals surface area contributed by atoms with Crippen molar-refractivity contribution >= 4 is 33.0 Å². The Morgan fingerprint density at radius 2 is 2.38 bits per heavy atom. The number of nitriles is 1. The summed E-state index contributed by atoms with van der Waals surface area (Å²) in [5.41, 5.74) is 0.828. The summed E-state index contributed by atoms with van der Waals surface area (Å²) < 4.78 is 0.889. The normalized spacial score (nSPS) is 11.8. The first-order valence-corrected chi connectivity index (χ1v) is 6.27. The van der Waals surface area contributed by atoms with Crippen molar-refractivity contribution in [2.45, 2.75) is 6.04 Å². The molecule has 1 atom stereocenters. The van der Waals surface area contributed by atoms with Crippen LogP contribution in [-0.4, -0.2) is 4.98 Å². The highest BCUT2D eigenvalue weighted by molar-refractivity contribution is 9.10. The van der Waals surface area contributed by atoms with Gasteiger partial charge in [0.25, 0.3) is 0 Å². The Morgan fingerprint density at radius 1 is 1.50 bits per heavy atom. The molecule has 80 valence electrons. The van der Waals surface area contributed by atoms with Gasteiger partial charge in [-0.05, 0) is 33.4 Å². The second-order valence-electron chi connectivity index (χ2n) is 3.11. The molecule has 2 aromatic heterocycles. The molecule has 0 aliphatic heterocycles. The zero-order chi connectivity index (χ0) is 11.4. The predicted octanol–water partition coefficient (Wildman–Crippen LogP) is 3.58. The molecule has 0 radical (unpaired) electrons. The van der Waals surface area contributed by atoms with Gasteiger partial charge in [-0.25, -0.2) is 0 Å². The fraction of sp³-hybridized carbons (Fsp3) is 0.0909. The standard InChI is InChI=1S/C11H8BrN3S/c12-8-4-9(7-14-6-8)15-10(5-13)11-2-1-3-16-11/h1-4,6-7,10,15H/t10-/m1/s1. The molecule has 2 aromatic rings. The second kappa shape index (κ2) is 5.10. The van der Waals surface area contributed by atoms with Gasteiger partial charge in [0.1, 0.15) is 6.04 Å². The second-order valence-corrected chi connectivity index (χ2v) is 5.01. The first kappa shape index (κ1) is 11.1. The number of thiophene rings is 1. The van der Waals surface area contributed by atoms with Crippen LogP contribution in [0.2, 0.25) is 0 Å². The van der Waals surface area contributed by atoms with E-state index in [4.69, 9.17) is 5.26 Å². The zero-order valence-corrected chi connectivity index (χ0v) is 10.6. The molecule has 0 amide bonds. The third-order valence-electron chi connectivity index (χ3n) is 1.97. The van der Waals surface area contributed by atoms with Crippen LogP contribution in [0.1, 0.15) is 10.9 Å². The summed E-state index contributed by atoms with van der Waals surface area (Å²) in [5, 5.41) is 14.2. The minimum absolute atomic E-state index is 0.323. The average molecular weight is 294 g/mol. The fourth-order valence-electron chi connectivity index (χ4n) is 1.28. The van der Waals surface area contributed by atoms with Gasteiger partial charge in [0.05, 0.1) is 18.0 Å². The smallest absolute Gasteiger partial charge is 0.149 e. The first-order valence-electron chi connectivity index (χ1n) is 4.59. The van der Waals surface area contributed by atoms with Gasteiger partial charge in [0.2, 0.25) is 0 Å². The van der Waals surface area contributed by atoms with Gasteiger partial charge in [-0.1, -0.05) is 6.07 Å². The van der Waals surface area contributed by atoms with Crippen LogP contribution in [0.25, 0.3) is 0 Å². The Bertz CT molecular complexity index is 504. The van der Waals surface area contributed by atoms with E-state index < -0.39 is 0 Å². The van der Waals surface area contributed by atoms with Crippen LogP contribution < -0.4 is 5.32 Å². The van der Waals surface area contributed by atoms with Crippen molar-refractivity contribution in [3.05, 3.63) is 45.3 Å². The maximum absolute atomic E-state index is 9.09.